The Morgan fingerprint density at radius 1 is 1.44 bits per heavy atom. The fourth-order valence-electron chi connectivity index (χ4n) is 1.12. The number of benzene rings is 1. The summed E-state index contributed by atoms with van der Waals surface area (Å²) < 4.78 is 6.33. The fourth-order valence-corrected chi connectivity index (χ4v) is 1.51. The van der Waals surface area contributed by atoms with Gasteiger partial charge in [-0.1, -0.05) is 12.1 Å². The molecular formula is C11H15BrN2O2. The van der Waals surface area contributed by atoms with Gasteiger partial charge in [0.25, 0.3) is 0 Å². The van der Waals surface area contributed by atoms with Crippen molar-refractivity contribution in [1.82, 2.24) is 5.32 Å². The molecule has 1 rings (SSSR count). The number of nitrogens with one attached hydrogen (secondary N) is 1. The summed E-state index contributed by atoms with van der Waals surface area (Å²) in [4.78, 5) is 11.2. The molecule has 16 heavy (non-hydrogen) atoms. The molecule has 0 radical (unpaired) electrons. The Morgan fingerprint density at radius 3 is 2.88 bits per heavy atom. The minimum atomic E-state index is -0.0440. The molecule has 4 nitrogen and oxygen atoms in total. The van der Waals surface area contributed by atoms with Crippen molar-refractivity contribution in [1.29, 1.82) is 0 Å². The van der Waals surface area contributed by atoms with E-state index in [1.807, 2.05) is 24.3 Å². The quantitative estimate of drug-likeness (QED) is 0.828. The SMILES string of the molecule is NCCNC(=O)CCOc1ccccc1Br. The van der Waals surface area contributed by atoms with E-state index in [0.717, 1.165) is 10.2 Å². The maximum Gasteiger partial charge on any atom is 0.223 e. The zero-order chi connectivity index (χ0) is 11.8. The molecule has 1 amide bonds. The zero-order valence-electron chi connectivity index (χ0n) is 8.91. The average Bonchev–Trinajstić information content (AvgIpc) is 2.29. The molecule has 0 spiro atoms. The van der Waals surface area contributed by atoms with Crippen LogP contribution in [0.2, 0.25) is 0 Å². The minimum absolute atomic E-state index is 0.0440. The van der Waals surface area contributed by atoms with Crippen LogP contribution in [0.3, 0.4) is 0 Å². The van der Waals surface area contributed by atoms with Crippen LogP contribution in [0.4, 0.5) is 0 Å². The molecule has 5 heteroatoms. The topological polar surface area (TPSA) is 64.3 Å². The highest BCUT2D eigenvalue weighted by molar-refractivity contribution is 9.10. The zero-order valence-corrected chi connectivity index (χ0v) is 10.5. The number of nitrogens with two attached hydrogens (primary N) is 1. The standard InChI is InChI=1S/C11H15BrN2O2/c12-9-3-1-2-4-10(9)16-8-5-11(15)14-7-6-13/h1-4H,5-8,13H2,(H,14,15). The Morgan fingerprint density at radius 2 is 2.19 bits per heavy atom. The summed E-state index contributed by atoms with van der Waals surface area (Å²) in [6, 6.07) is 7.53. The second-order valence-electron chi connectivity index (χ2n) is 3.17. The number of carbonyl (C=O) groups excluding carboxylic acids is 1. The van der Waals surface area contributed by atoms with Crippen molar-refractivity contribution in [2.75, 3.05) is 19.7 Å². The molecule has 88 valence electrons. The molecule has 0 atom stereocenters. The lowest BCUT2D eigenvalue weighted by atomic mass is 10.3. The summed E-state index contributed by atoms with van der Waals surface area (Å²) in [5, 5.41) is 2.68. The first-order valence-corrected chi connectivity index (χ1v) is 5.87. The minimum Gasteiger partial charge on any atom is -0.492 e. The Bertz CT molecular complexity index is 345. The summed E-state index contributed by atoms with van der Waals surface area (Å²) >= 11 is 3.36. The van der Waals surface area contributed by atoms with Crippen LogP contribution < -0.4 is 15.8 Å². The van der Waals surface area contributed by atoms with E-state index in [4.69, 9.17) is 10.5 Å². The lowest BCUT2D eigenvalue weighted by Gasteiger charge is -2.07. The van der Waals surface area contributed by atoms with Crippen molar-refractivity contribution in [3.05, 3.63) is 28.7 Å². The van der Waals surface area contributed by atoms with Crippen LogP contribution in [0.25, 0.3) is 0 Å². The highest BCUT2D eigenvalue weighted by Crippen LogP contribution is 2.23. The molecule has 3 N–H and O–H groups in total. The summed E-state index contributed by atoms with van der Waals surface area (Å²) in [6.07, 6.45) is 0.335. The molecule has 0 aliphatic rings. The molecule has 0 bridgehead atoms. The Balaban J connectivity index is 2.25. The fraction of sp³-hybridized carbons (Fsp3) is 0.364. The van der Waals surface area contributed by atoms with E-state index in [-0.39, 0.29) is 5.91 Å². The van der Waals surface area contributed by atoms with Gasteiger partial charge >= 0.3 is 0 Å². The van der Waals surface area contributed by atoms with E-state index in [1.54, 1.807) is 0 Å². The molecule has 0 aliphatic carbocycles. The molecular weight excluding hydrogens is 272 g/mol. The van der Waals surface area contributed by atoms with Crippen molar-refractivity contribution in [2.24, 2.45) is 5.73 Å². The molecule has 0 saturated carbocycles. The van der Waals surface area contributed by atoms with Crippen molar-refractivity contribution in [3.63, 3.8) is 0 Å². The van der Waals surface area contributed by atoms with Gasteiger partial charge in [0, 0.05) is 13.1 Å². The Labute approximate surface area is 103 Å². The first-order chi connectivity index (χ1) is 7.74. The van der Waals surface area contributed by atoms with Crippen LogP contribution in [0.1, 0.15) is 6.42 Å². The van der Waals surface area contributed by atoms with Crippen molar-refractivity contribution in [3.8, 4) is 5.75 Å². The maximum absolute atomic E-state index is 11.2. The first kappa shape index (κ1) is 13.0. The third-order valence-electron chi connectivity index (χ3n) is 1.89. The van der Waals surface area contributed by atoms with Gasteiger partial charge < -0.3 is 15.8 Å². The van der Waals surface area contributed by atoms with E-state index >= 15 is 0 Å². The molecule has 0 saturated heterocycles. The van der Waals surface area contributed by atoms with Gasteiger partial charge in [0.2, 0.25) is 5.91 Å². The number of hydrogen-bond donors (Lipinski definition) is 2. The molecule has 1 aromatic carbocycles. The number of halogens is 1. The van der Waals surface area contributed by atoms with Gasteiger partial charge in [-0.05, 0) is 28.1 Å². The largest absolute Gasteiger partial charge is 0.492 e. The summed E-state index contributed by atoms with van der Waals surface area (Å²) in [5.74, 6) is 0.701. The third-order valence-corrected chi connectivity index (χ3v) is 2.54. The second kappa shape index (κ2) is 7.24. The van der Waals surface area contributed by atoms with Crippen molar-refractivity contribution < 1.29 is 9.53 Å². The van der Waals surface area contributed by atoms with Crippen molar-refractivity contribution >= 4 is 21.8 Å². The average molecular weight is 287 g/mol. The van der Waals surface area contributed by atoms with Gasteiger partial charge in [0.15, 0.2) is 0 Å². The lowest BCUT2D eigenvalue weighted by Crippen LogP contribution is -2.29. The molecule has 0 heterocycles. The monoisotopic (exact) mass is 286 g/mol. The van der Waals surface area contributed by atoms with E-state index in [1.165, 1.54) is 0 Å². The number of carbonyl (C=O) groups is 1. The molecule has 0 aromatic heterocycles. The van der Waals surface area contributed by atoms with Gasteiger partial charge in [0.1, 0.15) is 5.75 Å². The number of ether oxygens (including phenoxy) is 1. The number of rotatable bonds is 6. The van der Waals surface area contributed by atoms with E-state index in [9.17, 15) is 4.79 Å². The summed E-state index contributed by atoms with van der Waals surface area (Å²) in [6.45, 7) is 1.32. The predicted molar refractivity (Wildman–Crippen MR) is 66.3 cm³/mol. The van der Waals surface area contributed by atoms with Crippen LogP contribution >= 0.6 is 15.9 Å². The summed E-state index contributed by atoms with van der Waals surface area (Å²) in [5.41, 5.74) is 5.26. The number of hydrogen-bond acceptors (Lipinski definition) is 3. The molecule has 0 unspecified atom stereocenters. The number of para-hydroxylation sites is 1. The molecule has 0 aliphatic heterocycles. The summed E-state index contributed by atoms with van der Waals surface area (Å²) in [7, 11) is 0. The van der Waals surface area contributed by atoms with Gasteiger partial charge in [-0.15, -0.1) is 0 Å². The molecule has 1 aromatic rings. The van der Waals surface area contributed by atoms with Crippen molar-refractivity contribution in [2.45, 2.75) is 6.42 Å². The third kappa shape index (κ3) is 4.63. The number of amides is 1. The lowest BCUT2D eigenvalue weighted by molar-refractivity contribution is -0.121. The Kier molecular flexibility index (Phi) is 5.88. The van der Waals surface area contributed by atoms with Gasteiger partial charge in [-0.3, -0.25) is 4.79 Å². The van der Waals surface area contributed by atoms with Crippen LogP contribution in [-0.2, 0) is 4.79 Å². The van der Waals surface area contributed by atoms with E-state index in [2.05, 4.69) is 21.2 Å². The maximum atomic E-state index is 11.2. The van der Waals surface area contributed by atoms with Crippen LogP contribution in [-0.4, -0.2) is 25.6 Å². The van der Waals surface area contributed by atoms with E-state index in [0.29, 0.717) is 26.1 Å². The van der Waals surface area contributed by atoms with Crippen LogP contribution in [0.5, 0.6) is 5.75 Å². The Hall–Kier alpha value is -1.07. The first-order valence-electron chi connectivity index (χ1n) is 5.08. The van der Waals surface area contributed by atoms with Gasteiger partial charge in [-0.2, -0.15) is 0 Å². The molecule has 0 fully saturated rings. The second-order valence-corrected chi connectivity index (χ2v) is 4.02. The van der Waals surface area contributed by atoms with E-state index < -0.39 is 0 Å². The normalized spacial score (nSPS) is 9.88. The van der Waals surface area contributed by atoms with Gasteiger partial charge in [-0.25, -0.2) is 0 Å². The van der Waals surface area contributed by atoms with Crippen LogP contribution in [0, 0.1) is 0 Å². The van der Waals surface area contributed by atoms with Crippen LogP contribution in [0.15, 0.2) is 28.7 Å². The predicted octanol–water partition coefficient (Wildman–Crippen LogP) is 1.29. The highest BCUT2D eigenvalue weighted by Gasteiger charge is 2.02. The highest BCUT2D eigenvalue weighted by atomic mass is 79.9. The van der Waals surface area contributed by atoms with Gasteiger partial charge in [0.05, 0.1) is 17.5 Å². The smallest absolute Gasteiger partial charge is 0.223 e.